The molecule has 3 aromatic rings. The van der Waals surface area contributed by atoms with Gasteiger partial charge in [-0.15, -0.1) is 0 Å². The Bertz CT molecular complexity index is 922. The van der Waals surface area contributed by atoms with Gasteiger partial charge in [0, 0.05) is 0 Å². The first-order valence-corrected chi connectivity index (χ1v) is 11.6. The van der Waals surface area contributed by atoms with Gasteiger partial charge in [0.1, 0.15) is 0 Å². The lowest BCUT2D eigenvalue weighted by molar-refractivity contribution is 0.0379. The molecule has 3 rings (SSSR count). The molecule has 0 atom stereocenters. The van der Waals surface area contributed by atoms with Gasteiger partial charge in [-0.3, -0.25) is 0 Å². The fourth-order valence-electron chi connectivity index (χ4n) is 3.15. The highest BCUT2D eigenvalue weighted by Gasteiger charge is 2.29. The third kappa shape index (κ3) is 3.95. The summed E-state index contributed by atoms with van der Waals surface area (Å²) in [5.74, 6) is -0.286. The molecule has 0 saturated carbocycles. The lowest BCUT2D eigenvalue weighted by Gasteiger charge is -2.29. The molecule has 138 valence electrons. The summed E-state index contributed by atoms with van der Waals surface area (Å²) in [6.07, 6.45) is -0.167. The predicted molar refractivity (Wildman–Crippen MR) is 121 cm³/mol. The number of ether oxygens (including phenoxy) is 1. The quantitative estimate of drug-likeness (QED) is 0.424. The average Bonchev–Trinajstić information content (AvgIpc) is 2.70. The molecule has 0 heterocycles. The van der Waals surface area contributed by atoms with Crippen molar-refractivity contribution in [1.29, 1.82) is 0 Å². The summed E-state index contributed by atoms with van der Waals surface area (Å²) in [4.78, 5) is 12.9. The zero-order chi connectivity index (χ0) is 19.3. The highest BCUT2D eigenvalue weighted by molar-refractivity contribution is 9.19. The van der Waals surface area contributed by atoms with Crippen molar-refractivity contribution in [2.45, 2.75) is 20.0 Å². The van der Waals surface area contributed by atoms with Crippen molar-refractivity contribution < 1.29 is 9.53 Å². The number of hydrogen-bond acceptors (Lipinski definition) is 2. The van der Waals surface area contributed by atoms with Crippen molar-refractivity contribution in [1.82, 2.24) is 0 Å². The van der Waals surface area contributed by atoms with E-state index in [0.717, 1.165) is 5.30 Å². The number of hydrogen-bond donors (Lipinski definition) is 0. The van der Waals surface area contributed by atoms with Gasteiger partial charge in [-0.25, -0.2) is 4.79 Å². The van der Waals surface area contributed by atoms with Crippen LogP contribution in [0.4, 0.5) is 0 Å². The van der Waals surface area contributed by atoms with E-state index in [1.165, 1.54) is 10.6 Å². The normalized spacial score (nSPS) is 11.3. The molecule has 0 amide bonds. The molecular formula is C23H22BrO2P. The van der Waals surface area contributed by atoms with Crippen molar-refractivity contribution in [3.63, 3.8) is 0 Å². The number of carbonyl (C=O) groups is 1. The van der Waals surface area contributed by atoms with Gasteiger partial charge >= 0.3 is 5.97 Å². The molecule has 4 heteroatoms. The molecule has 0 aliphatic heterocycles. The topological polar surface area (TPSA) is 26.3 Å². The van der Waals surface area contributed by atoms with Gasteiger partial charge in [-0.1, -0.05) is 94.8 Å². The second kappa shape index (κ2) is 8.73. The third-order valence-corrected chi connectivity index (χ3v) is 9.83. The van der Waals surface area contributed by atoms with Gasteiger partial charge in [0.05, 0.1) is 11.7 Å². The number of carbonyl (C=O) groups excluding carboxylic acids is 1. The number of benzene rings is 3. The van der Waals surface area contributed by atoms with E-state index in [1.807, 2.05) is 74.5 Å². The van der Waals surface area contributed by atoms with E-state index in [1.54, 1.807) is 0 Å². The van der Waals surface area contributed by atoms with Crippen molar-refractivity contribution in [3.05, 3.63) is 90.5 Å². The average molecular weight is 441 g/mol. The van der Waals surface area contributed by atoms with E-state index >= 15 is 0 Å². The Morgan fingerprint density at radius 3 is 1.81 bits per heavy atom. The van der Waals surface area contributed by atoms with Gasteiger partial charge in [0.2, 0.25) is 0 Å². The molecule has 0 fully saturated rings. The maximum atomic E-state index is 12.9. The Balaban J connectivity index is 2.33. The summed E-state index contributed by atoms with van der Waals surface area (Å²) in [6.45, 7) is 1.56. The Hall–Kier alpha value is -2.09. The molecule has 0 aliphatic rings. The van der Waals surface area contributed by atoms with Gasteiger partial charge in [-0.05, 0) is 47.4 Å². The molecule has 2 nitrogen and oxygen atoms in total. The van der Waals surface area contributed by atoms with Crippen LogP contribution in [0, 0.1) is 0 Å². The van der Waals surface area contributed by atoms with Crippen LogP contribution >= 0.6 is 22.8 Å². The lowest BCUT2D eigenvalue weighted by Crippen LogP contribution is -2.30. The van der Waals surface area contributed by atoms with Gasteiger partial charge in [-0.2, -0.15) is 0 Å². The van der Waals surface area contributed by atoms with Gasteiger partial charge in [0.25, 0.3) is 0 Å². The minimum atomic E-state index is -2.18. The molecular weight excluding hydrogens is 419 g/mol. The Kier molecular flexibility index (Phi) is 6.36. The fourth-order valence-corrected chi connectivity index (χ4v) is 8.57. The largest absolute Gasteiger partial charge is 0.459 e. The first-order chi connectivity index (χ1) is 13.1. The van der Waals surface area contributed by atoms with Crippen LogP contribution in [0.3, 0.4) is 0 Å². The molecule has 0 N–H and O–H groups in total. The SMILES string of the molecule is CC(C)OC(=O)c1ccccc1P(=CBr)(c1ccccc1)c1ccccc1. The van der Waals surface area contributed by atoms with Crippen LogP contribution in [0.2, 0.25) is 0 Å². The molecule has 0 aromatic heterocycles. The summed E-state index contributed by atoms with van der Waals surface area (Å²) < 4.78 is 7.63. The molecule has 0 saturated heterocycles. The standard InChI is InChI=1S/C23H22BrO2P/c1-18(2)26-23(25)21-15-9-10-16-22(21)27(17-24,19-11-5-3-6-12-19)20-13-7-4-8-14-20/h3-18H,1-2H3. The first-order valence-electron chi connectivity index (χ1n) is 8.84. The molecule has 0 spiro atoms. The number of esters is 1. The Morgan fingerprint density at radius 2 is 1.33 bits per heavy atom. The van der Waals surface area contributed by atoms with Crippen LogP contribution in [-0.4, -0.2) is 16.8 Å². The first kappa shape index (κ1) is 19.7. The fraction of sp³-hybridized carbons (Fsp3) is 0.130. The third-order valence-electron chi connectivity index (χ3n) is 4.32. The van der Waals surface area contributed by atoms with Crippen molar-refractivity contribution >= 4 is 49.4 Å². The van der Waals surface area contributed by atoms with E-state index in [2.05, 4.69) is 44.9 Å². The van der Waals surface area contributed by atoms with Crippen molar-refractivity contribution in [2.75, 3.05) is 0 Å². The van der Waals surface area contributed by atoms with Crippen LogP contribution in [0.5, 0.6) is 0 Å². The Morgan fingerprint density at radius 1 is 0.852 bits per heavy atom. The van der Waals surface area contributed by atoms with Crippen LogP contribution in [0.15, 0.2) is 84.9 Å². The van der Waals surface area contributed by atoms with E-state index in [4.69, 9.17) is 4.74 Å². The molecule has 0 aliphatic carbocycles. The zero-order valence-electron chi connectivity index (χ0n) is 15.4. The van der Waals surface area contributed by atoms with Crippen LogP contribution in [-0.2, 0) is 4.74 Å². The Labute approximate surface area is 169 Å². The van der Waals surface area contributed by atoms with E-state index < -0.39 is 6.89 Å². The molecule has 0 radical (unpaired) electrons. The minimum Gasteiger partial charge on any atom is -0.459 e. The maximum Gasteiger partial charge on any atom is 0.339 e. The monoisotopic (exact) mass is 440 g/mol. The molecule has 3 aromatic carbocycles. The summed E-state index contributed by atoms with van der Waals surface area (Å²) in [5, 5.41) is 3.35. The van der Waals surface area contributed by atoms with Gasteiger partial charge in [0.15, 0.2) is 0 Å². The number of halogens is 1. The summed E-state index contributed by atoms with van der Waals surface area (Å²) in [7, 11) is 0. The van der Waals surface area contributed by atoms with E-state index in [-0.39, 0.29) is 12.1 Å². The van der Waals surface area contributed by atoms with Crippen molar-refractivity contribution in [2.24, 2.45) is 0 Å². The second-order valence-electron chi connectivity index (χ2n) is 6.46. The summed E-state index contributed by atoms with van der Waals surface area (Å²) >= 11 is 3.69. The number of rotatable bonds is 5. The van der Waals surface area contributed by atoms with E-state index in [0.29, 0.717) is 5.56 Å². The summed E-state index contributed by atoms with van der Waals surface area (Å²) in [6, 6.07) is 28.5. The lowest BCUT2D eigenvalue weighted by atomic mass is 10.2. The maximum absolute atomic E-state index is 12.9. The predicted octanol–water partition coefficient (Wildman–Crippen LogP) is 4.70. The van der Waals surface area contributed by atoms with Gasteiger partial charge < -0.3 is 4.74 Å². The summed E-state index contributed by atoms with van der Waals surface area (Å²) in [5.41, 5.74) is 0.614. The van der Waals surface area contributed by atoms with Crippen molar-refractivity contribution in [3.8, 4) is 0 Å². The highest BCUT2D eigenvalue weighted by Crippen LogP contribution is 2.45. The highest BCUT2D eigenvalue weighted by atomic mass is 79.9. The minimum absolute atomic E-state index is 0.167. The molecule has 0 unspecified atom stereocenters. The zero-order valence-corrected chi connectivity index (χ0v) is 17.9. The van der Waals surface area contributed by atoms with Crippen LogP contribution in [0.25, 0.3) is 0 Å². The molecule has 27 heavy (non-hydrogen) atoms. The molecule has 0 bridgehead atoms. The second-order valence-corrected chi connectivity index (χ2v) is 10.8. The van der Waals surface area contributed by atoms with E-state index in [9.17, 15) is 4.79 Å². The van der Waals surface area contributed by atoms with Crippen LogP contribution in [0.1, 0.15) is 24.2 Å². The smallest absolute Gasteiger partial charge is 0.339 e. The van der Waals surface area contributed by atoms with Crippen LogP contribution < -0.4 is 15.9 Å².